The van der Waals surface area contributed by atoms with Crippen LogP contribution in [0, 0.1) is 13.8 Å². The van der Waals surface area contributed by atoms with Crippen LogP contribution in [0.5, 0.6) is 0 Å². The average Bonchev–Trinajstić information content (AvgIpc) is 3.03. The maximum absolute atomic E-state index is 12.3. The van der Waals surface area contributed by atoms with Gasteiger partial charge in [0.25, 0.3) is 5.91 Å². The Labute approximate surface area is 145 Å². The highest BCUT2D eigenvalue weighted by molar-refractivity contribution is 6.30. The van der Waals surface area contributed by atoms with E-state index >= 15 is 0 Å². The topological polar surface area (TPSA) is 64.7 Å². The van der Waals surface area contributed by atoms with Crippen molar-refractivity contribution in [2.24, 2.45) is 7.05 Å². The van der Waals surface area contributed by atoms with Gasteiger partial charge in [0.2, 0.25) is 0 Å². The van der Waals surface area contributed by atoms with Gasteiger partial charge in [0.1, 0.15) is 0 Å². The summed E-state index contributed by atoms with van der Waals surface area (Å²) in [6.45, 7) is 4.37. The van der Waals surface area contributed by atoms with E-state index in [0.29, 0.717) is 28.6 Å². The Morgan fingerprint density at radius 1 is 1.21 bits per heavy atom. The van der Waals surface area contributed by atoms with Gasteiger partial charge in [-0.3, -0.25) is 14.2 Å². The van der Waals surface area contributed by atoms with Crippen molar-refractivity contribution >= 4 is 23.3 Å². The third-order valence-corrected chi connectivity index (χ3v) is 3.98. The Kier molecular flexibility index (Phi) is 4.40. The average molecular weight is 344 g/mol. The zero-order chi connectivity index (χ0) is 17.3. The zero-order valence-corrected chi connectivity index (χ0v) is 14.5. The molecule has 0 radical (unpaired) electrons. The summed E-state index contributed by atoms with van der Waals surface area (Å²) in [7, 11) is 1.79. The smallest absolute Gasteiger partial charge is 0.260 e. The Morgan fingerprint density at radius 2 is 1.92 bits per heavy atom. The number of hydrogen-bond acceptors (Lipinski definition) is 3. The van der Waals surface area contributed by atoms with Crippen molar-refractivity contribution in [2.45, 2.75) is 20.4 Å². The van der Waals surface area contributed by atoms with E-state index in [2.05, 4.69) is 15.5 Å². The number of carbonyl (C=O) groups excluding carboxylic acids is 1. The molecule has 1 N–H and O–H groups in total. The van der Waals surface area contributed by atoms with Crippen LogP contribution in [0.2, 0.25) is 5.02 Å². The van der Waals surface area contributed by atoms with Crippen molar-refractivity contribution in [2.75, 3.05) is 5.32 Å². The highest BCUT2D eigenvalue weighted by Crippen LogP contribution is 2.15. The van der Waals surface area contributed by atoms with Crippen LogP contribution < -0.4 is 5.32 Å². The Morgan fingerprint density at radius 3 is 2.54 bits per heavy atom. The number of aromatic nitrogens is 4. The number of halogens is 1. The first-order chi connectivity index (χ1) is 11.4. The molecule has 3 aromatic rings. The van der Waals surface area contributed by atoms with Crippen LogP contribution in [0.4, 0.5) is 5.82 Å². The Balaban J connectivity index is 1.75. The van der Waals surface area contributed by atoms with Crippen LogP contribution in [0.15, 0.2) is 36.5 Å². The number of rotatable bonds is 4. The molecular formula is C17H18ClN5O. The predicted octanol–water partition coefficient (Wildman–Crippen LogP) is 3.19. The highest BCUT2D eigenvalue weighted by Gasteiger charge is 2.14. The van der Waals surface area contributed by atoms with Gasteiger partial charge in [-0.1, -0.05) is 23.7 Å². The molecule has 7 heteroatoms. The van der Waals surface area contributed by atoms with E-state index in [0.717, 1.165) is 11.3 Å². The van der Waals surface area contributed by atoms with Gasteiger partial charge in [-0.15, -0.1) is 0 Å². The minimum atomic E-state index is -0.211. The molecule has 0 bridgehead atoms. The predicted molar refractivity (Wildman–Crippen MR) is 93.4 cm³/mol. The van der Waals surface area contributed by atoms with Gasteiger partial charge in [-0.25, -0.2) is 0 Å². The Bertz CT molecular complexity index is 879. The second kappa shape index (κ2) is 6.49. The number of aryl methyl sites for hydroxylation is 3. The van der Waals surface area contributed by atoms with Crippen LogP contribution >= 0.6 is 11.6 Å². The van der Waals surface area contributed by atoms with E-state index in [1.807, 2.05) is 41.9 Å². The zero-order valence-electron chi connectivity index (χ0n) is 13.7. The van der Waals surface area contributed by atoms with Gasteiger partial charge in [-0.2, -0.15) is 10.2 Å². The molecule has 2 aromatic heterocycles. The number of amides is 1. The number of carbonyl (C=O) groups is 1. The van der Waals surface area contributed by atoms with Gasteiger partial charge in [0.05, 0.1) is 17.8 Å². The Hall–Kier alpha value is -2.60. The molecule has 24 heavy (non-hydrogen) atoms. The molecule has 0 aliphatic carbocycles. The summed E-state index contributed by atoms with van der Waals surface area (Å²) in [4.78, 5) is 12.3. The molecular weight excluding hydrogens is 326 g/mol. The highest BCUT2D eigenvalue weighted by atomic mass is 35.5. The van der Waals surface area contributed by atoms with Gasteiger partial charge >= 0.3 is 0 Å². The van der Waals surface area contributed by atoms with Crippen molar-refractivity contribution in [1.29, 1.82) is 0 Å². The molecule has 0 fully saturated rings. The molecule has 0 aliphatic heterocycles. The molecule has 0 saturated carbocycles. The lowest BCUT2D eigenvalue weighted by Gasteiger charge is -2.04. The molecule has 0 spiro atoms. The monoisotopic (exact) mass is 343 g/mol. The summed E-state index contributed by atoms with van der Waals surface area (Å²) in [5.41, 5.74) is 3.28. The molecule has 0 atom stereocenters. The quantitative estimate of drug-likeness (QED) is 0.791. The van der Waals surface area contributed by atoms with Crippen molar-refractivity contribution in [3.8, 4) is 0 Å². The first-order valence-electron chi connectivity index (χ1n) is 7.53. The third-order valence-electron chi connectivity index (χ3n) is 3.73. The number of nitrogens with one attached hydrogen (secondary N) is 1. The van der Waals surface area contributed by atoms with E-state index in [1.165, 1.54) is 0 Å². The van der Waals surface area contributed by atoms with E-state index < -0.39 is 0 Å². The lowest BCUT2D eigenvalue weighted by atomic mass is 10.2. The molecule has 124 valence electrons. The van der Waals surface area contributed by atoms with Crippen LogP contribution in [0.25, 0.3) is 0 Å². The summed E-state index contributed by atoms with van der Waals surface area (Å²) in [6.07, 6.45) is 1.70. The number of hydrogen-bond donors (Lipinski definition) is 1. The first kappa shape index (κ1) is 16.3. The maximum Gasteiger partial charge on any atom is 0.260 e. The normalized spacial score (nSPS) is 10.8. The molecule has 2 heterocycles. The van der Waals surface area contributed by atoms with Gasteiger partial charge in [0.15, 0.2) is 5.82 Å². The van der Waals surface area contributed by atoms with E-state index in [-0.39, 0.29) is 5.91 Å². The summed E-state index contributed by atoms with van der Waals surface area (Å²) in [6, 6.07) is 9.47. The second-order valence-electron chi connectivity index (χ2n) is 5.71. The molecule has 0 aliphatic rings. The van der Waals surface area contributed by atoms with Gasteiger partial charge < -0.3 is 5.32 Å². The van der Waals surface area contributed by atoms with Crippen molar-refractivity contribution < 1.29 is 4.79 Å². The molecule has 3 rings (SSSR count). The van der Waals surface area contributed by atoms with E-state index in [1.54, 1.807) is 24.9 Å². The summed E-state index contributed by atoms with van der Waals surface area (Å²) < 4.78 is 3.46. The first-order valence-corrected chi connectivity index (χ1v) is 7.90. The van der Waals surface area contributed by atoms with E-state index in [4.69, 9.17) is 11.6 Å². The third kappa shape index (κ3) is 3.49. The molecule has 0 saturated heterocycles. The van der Waals surface area contributed by atoms with Crippen molar-refractivity contribution in [1.82, 2.24) is 19.6 Å². The minimum Gasteiger partial charge on any atom is -0.305 e. The number of nitrogens with zero attached hydrogens (tertiary/aromatic N) is 4. The van der Waals surface area contributed by atoms with Crippen LogP contribution in [-0.2, 0) is 13.6 Å². The standard InChI is InChI=1S/C17H18ClN5O/c1-11-8-16(19-17(24)15-10-22(3)20-12(15)2)21-23(11)9-13-4-6-14(18)7-5-13/h4-8,10H,9H2,1-3H3,(H,19,21,24). The maximum atomic E-state index is 12.3. The largest absolute Gasteiger partial charge is 0.305 e. The van der Waals surface area contributed by atoms with Gasteiger partial charge in [-0.05, 0) is 31.5 Å². The molecule has 0 unspecified atom stereocenters. The lowest BCUT2D eigenvalue weighted by Crippen LogP contribution is -2.13. The van der Waals surface area contributed by atoms with Crippen LogP contribution in [-0.4, -0.2) is 25.5 Å². The fourth-order valence-corrected chi connectivity index (χ4v) is 2.63. The SMILES string of the molecule is Cc1nn(C)cc1C(=O)Nc1cc(C)n(Cc2ccc(Cl)cc2)n1. The minimum absolute atomic E-state index is 0.211. The fraction of sp³-hybridized carbons (Fsp3) is 0.235. The molecule has 6 nitrogen and oxygen atoms in total. The molecule has 1 aromatic carbocycles. The van der Waals surface area contributed by atoms with Crippen LogP contribution in [0.1, 0.15) is 27.3 Å². The summed E-state index contributed by atoms with van der Waals surface area (Å²) in [5, 5.41) is 12.2. The lowest BCUT2D eigenvalue weighted by molar-refractivity contribution is 0.102. The van der Waals surface area contributed by atoms with Crippen molar-refractivity contribution in [3.63, 3.8) is 0 Å². The summed E-state index contributed by atoms with van der Waals surface area (Å²) in [5.74, 6) is 0.312. The van der Waals surface area contributed by atoms with Crippen LogP contribution in [0.3, 0.4) is 0 Å². The second-order valence-corrected chi connectivity index (χ2v) is 6.15. The van der Waals surface area contributed by atoms with Gasteiger partial charge in [0, 0.05) is 30.0 Å². The fourth-order valence-electron chi connectivity index (χ4n) is 2.50. The van der Waals surface area contributed by atoms with E-state index in [9.17, 15) is 4.79 Å². The van der Waals surface area contributed by atoms with Crippen molar-refractivity contribution in [3.05, 3.63) is 64.1 Å². The number of anilines is 1. The number of benzene rings is 1. The summed E-state index contributed by atoms with van der Waals surface area (Å²) >= 11 is 5.90. The molecule has 1 amide bonds.